The Labute approximate surface area is 101 Å². The lowest BCUT2D eigenvalue weighted by Gasteiger charge is -2.05. The van der Waals surface area contributed by atoms with E-state index in [0.717, 1.165) is 32.7 Å². The van der Waals surface area contributed by atoms with Crippen molar-refractivity contribution in [2.45, 2.75) is 52.7 Å². The van der Waals surface area contributed by atoms with Crippen LogP contribution in [0.25, 0.3) is 0 Å². The molecule has 1 saturated heterocycles. The molecule has 0 aromatic carbocycles. The average Bonchev–Trinajstić information content (AvgIpc) is 3.11. The van der Waals surface area contributed by atoms with E-state index in [0.29, 0.717) is 6.10 Å². The minimum absolute atomic E-state index is 0.157. The van der Waals surface area contributed by atoms with E-state index >= 15 is 0 Å². The van der Waals surface area contributed by atoms with Crippen molar-refractivity contribution < 1.29 is 9.84 Å². The summed E-state index contributed by atoms with van der Waals surface area (Å²) in [6.45, 7) is 11.5. The zero-order valence-electron chi connectivity index (χ0n) is 11.3. The summed E-state index contributed by atoms with van der Waals surface area (Å²) in [6.07, 6.45) is 2.51. The van der Waals surface area contributed by atoms with Gasteiger partial charge in [0.05, 0.1) is 18.8 Å². The van der Waals surface area contributed by atoms with Crippen LogP contribution in [0.4, 0.5) is 0 Å². The Kier molecular flexibility index (Phi) is 16.9. The molecule has 0 aromatic heterocycles. The number of epoxide rings is 1. The van der Waals surface area contributed by atoms with Gasteiger partial charge < -0.3 is 20.9 Å². The van der Waals surface area contributed by atoms with Crippen LogP contribution in [-0.4, -0.2) is 43.6 Å². The van der Waals surface area contributed by atoms with E-state index in [9.17, 15) is 0 Å². The number of likely N-dealkylation sites (N-methyl/N-ethyl adjacent to an activating group) is 1. The van der Waals surface area contributed by atoms with Gasteiger partial charge in [-0.05, 0) is 25.9 Å². The zero-order valence-corrected chi connectivity index (χ0v) is 11.3. The lowest BCUT2D eigenvalue weighted by Crippen LogP contribution is -2.25. The summed E-state index contributed by atoms with van der Waals surface area (Å²) < 4.78 is 4.86. The molecule has 2 atom stereocenters. The molecule has 1 fully saturated rings. The largest absolute Gasteiger partial charge is 0.392 e. The fourth-order valence-electron chi connectivity index (χ4n) is 0.759. The Balaban J connectivity index is 0. The molecule has 0 radical (unpaired) electrons. The van der Waals surface area contributed by atoms with E-state index in [-0.39, 0.29) is 6.10 Å². The van der Waals surface area contributed by atoms with Gasteiger partial charge >= 0.3 is 0 Å². The van der Waals surface area contributed by atoms with Crippen molar-refractivity contribution in [3.05, 3.63) is 0 Å². The monoisotopic (exact) mass is 234 g/mol. The van der Waals surface area contributed by atoms with Crippen molar-refractivity contribution in [1.29, 1.82) is 0 Å². The smallest absolute Gasteiger partial charge is 0.0807 e. The maximum absolute atomic E-state index is 8.93. The molecule has 0 aliphatic carbocycles. The van der Waals surface area contributed by atoms with Gasteiger partial charge in [0.25, 0.3) is 0 Å². The van der Waals surface area contributed by atoms with Crippen LogP contribution >= 0.6 is 0 Å². The zero-order chi connectivity index (χ0) is 12.8. The topological polar surface area (TPSA) is 70.8 Å². The third-order valence-electron chi connectivity index (χ3n) is 1.96. The summed E-state index contributed by atoms with van der Waals surface area (Å²) in [7, 11) is 0. The van der Waals surface area contributed by atoms with Gasteiger partial charge in [0.1, 0.15) is 0 Å². The number of hydrogen-bond donors (Lipinski definition) is 3. The summed E-state index contributed by atoms with van der Waals surface area (Å²) in [6, 6.07) is 0. The minimum atomic E-state index is -0.157. The normalized spacial score (nSPS) is 18.8. The number of aliphatic hydroxyl groups excluding tert-OH is 1. The molecule has 0 bridgehead atoms. The number of hydrogen-bond acceptors (Lipinski definition) is 4. The van der Waals surface area contributed by atoms with Gasteiger partial charge in [-0.15, -0.1) is 0 Å². The first kappa shape index (κ1) is 18.2. The molecular weight excluding hydrogens is 204 g/mol. The lowest BCUT2D eigenvalue weighted by atomic mass is 10.3. The second kappa shape index (κ2) is 14.8. The molecule has 4 nitrogen and oxygen atoms in total. The Morgan fingerprint density at radius 2 is 1.88 bits per heavy atom. The van der Waals surface area contributed by atoms with Crippen LogP contribution in [0, 0.1) is 0 Å². The molecule has 1 rings (SSSR count). The van der Waals surface area contributed by atoms with Gasteiger partial charge in [0, 0.05) is 6.54 Å². The molecule has 0 aromatic rings. The predicted molar refractivity (Wildman–Crippen MR) is 69.6 cm³/mol. The quantitative estimate of drug-likeness (QED) is 0.624. The van der Waals surface area contributed by atoms with Crippen LogP contribution in [0.15, 0.2) is 0 Å². The molecule has 2 unspecified atom stereocenters. The van der Waals surface area contributed by atoms with Crippen LogP contribution in [0.5, 0.6) is 0 Å². The van der Waals surface area contributed by atoms with Crippen LogP contribution in [0.1, 0.15) is 40.5 Å². The number of ether oxygens (including phenoxy) is 1. The van der Waals surface area contributed by atoms with Crippen LogP contribution in [0.2, 0.25) is 0 Å². The molecule has 4 N–H and O–H groups in total. The maximum Gasteiger partial charge on any atom is 0.0807 e. The molecule has 100 valence electrons. The van der Waals surface area contributed by atoms with E-state index in [4.69, 9.17) is 15.6 Å². The third-order valence-corrected chi connectivity index (χ3v) is 1.96. The fourth-order valence-corrected chi connectivity index (χ4v) is 0.759. The van der Waals surface area contributed by atoms with Gasteiger partial charge in [0.2, 0.25) is 0 Å². The summed E-state index contributed by atoms with van der Waals surface area (Å²) in [4.78, 5) is 0. The highest BCUT2D eigenvalue weighted by Crippen LogP contribution is 2.10. The van der Waals surface area contributed by atoms with Crippen LogP contribution < -0.4 is 11.1 Å². The van der Waals surface area contributed by atoms with E-state index in [1.54, 1.807) is 0 Å². The first-order chi connectivity index (χ1) is 7.65. The number of aliphatic hydroxyl groups is 1. The van der Waals surface area contributed by atoms with Crippen LogP contribution in [0.3, 0.4) is 0 Å². The van der Waals surface area contributed by atoms with Gasteiger partial charge in [0.15, 0.2) is 0 Å². The predicted octanol–water partition coefficient (Wildman–Crippen LogP) is 1.13. The second-order valence-electron chi connectivity index (χ2n) is 3.64. The lowest BCUT2D eigenvalue weighted by molar-refractivity contribution is 0.168. The van der Waals surface area contributed by atoms with Gasteiger partial charge in [-0.3, -0.25) is 0 Å². The van der Waals surface area contributed by atoms with E-state index in [1.165, 1.54) is 6.42 Å². The van der Waals surface area contributed by atoms with Crippen molar-refractivity contribution in [2.75, 3.05) is 26.2 Å². The summed E-state index contributed by atoms with van der Waals surface area (Å²) in [5.74, 6) is 0. The fraction of sp³-hybridized carbons (Fsp3) is 1.00. The van der Waals surface area contributed by atoms with Crippen molar-refractivity contribution in [3.63, 3.8) is 0 Å². The van der Waals surface area contributed by atoms with E-state index in [1.807, 2.05) is 20.8 Å². The highest BCUT2D eigenvalue weighted by Gasteiger charge is 2.18. The Hall–Kier alpha value is -0.160. The number of nitrogens with two attached hydrogens (primary N) is 1. The molecule has 1 heterocycles. The molecule has 0 saturated carbocycles. The molecule has 0 spiro atoms. The summed E-state index contributed by atoms with van der Waals surface area (Å²) >= 11 is 0. The van der Waals surface area contributed by atoms with Gasteiger partial charge in [-0.25, -0.2) is 0 Å². The maximum atomic E-state index is 8.93. The van der Waals surface area contributed by atoms with E-state index in [2.05, 4.69) is 12.2 Å². The highest BCUT2D eigenvalue weighted by molar-refractivity contribution is 4.64. The Bertz CT molecular complexity index is 120. The van der Waals surface area contributed by atoms with Crippen LogP contribution in [-0.2, 0) is 4.74 Å². The number of nitrogens with one attached hydrogen (secondary N) is 1. The SMILES string of the molecule is CCC1CO1.CCN.CCNCC(O)CC. The second-order valence-corrected chi connectivity index (χ2v) is 3.64. The third kappa shape index (κ3) is 19.4. The molecule has 4 heteroatoms. The van der Waals surface area contributed by atoms with Gasteiger partial charge in [-0.2, -0.15) is 0 Å². The molecular formula is C12H30N2O2. The average molecular weight is 234 g/mol. The summed E-state index contributed by atoms with van der Waals surface area (Å²) in [5.41, 5.74) is 4.85. The van der Waals surface area contributed by atoms with Crippen molar-refractivity contribution in [3.8, 4) is 0 Å². The highest BCUT2D eigenvalue weighted by atomic mass is 16.6. The number of rotatable bonds is 5. The van der Waals surface area contributed by atoms with Gasteiger partial charge in [-0.1, -0.05) is 27.7 Å². The van der Waals surface area contributed by atoms with Crippen molar-refractivity contribution >= 4 is 0 Å². The Morgan fingerprint density at radius 1 is 1.38 bits per heavy atom. The molecule has 0 amide bonds. The first-order valence-corrected chi connectivity index (χ1v) is 6.36. The summed E-state index contributed by atoms with van der Waals surface area (Å²) in [5, 5.41) is 12.0. The van der Waals surface area contributed by atoms with E-state index < -0.39 is 0 Å². The molecule has 1 aliphatic rings. The standard InChI is InChI=1S/C6H15NO.C4H8O.C2H7N/c1-3-6(8)5-7-4-2;1-2-4-3-5-4;1-2-3/h6-8H,3-5H2,1-2H3;4H,2-3H2,1H3;2-3H2,1H3. The minimum Gasteiger partial charge on any atom is -0.392 e. The first-order valence-electron chi connectivity index (χ1n) is 6.36. The molecule has 1 aliphatic heterocycles. The molecule has 16 heavy (non-hydrogen) atoms. The van der Waals surface area contributed by atoms with Crippen molar-refractivity contribution in [1.82, 2.24) is 5.32 Å². The van der Waals surface area contributed by atoms with Crippen molar-refractivity contribution in [2.24, 2.45) is 5.73 Å². The Morgan fingerprint density at radius 3 is 2.06 bits per heavy atom.